The standard InChI is InChI=1S/C19H20F3N5O4/c1-31-14-3-4-15(16(10-14)27(29)30)24-18(28)12-25-6-8-26(9-7-25)17-5-2-13(11-23-17)19(20,21)22/h2-5,10-11H,6-9,12H2,1H3,(H,24,28). The zero-order valence-electron chi connectivity index (χ0n) is 16.6. The third-order valence-electron chi connectivity index (χ3n) is 4.81. The summed E-state index contributed by atoms with van der Waals surface area (Å²) in [6.07, 6.45) is -3.63. The van der Waals surface area contributed by atoms with Crippen LogP contribution in [0.15, 0.2) is 36.5 Å². The number of anilines is 2. The molecule has 1 aliphatic heterocycles. The van der Waals surface area contributed by atoms with E-state index >= 15 is 0 Å². The van der Waals surface area contributed by atoms with Crippen LogP contribution >= 0.6 is 0 Å². The predicted octanol–water partition coefficient (Wildman–Crippen LogP) is 2.78. The van der Waals surface area contributed by atoms with Crippen molar-refractivity contribution in [2.45, 2.75) is 6.18 Å². The number of piperazine rings is 1. The first-order chi connectivity index (χ1) is 14.7. The number of aromatic nitrogens is 1. The molecule has 1 amide bonds. The molecule has 1 fully saturated rings. The van der Waals surface area contributed by atoms with Gasteiger partial charge in [-0.1, -0.05) is 0 Å². The molecule has 0 spiro atoms. The van der Waals surface area contributed by atoms with Crippen LogP contribution in [0, 0.1) is 10.1 Å². The van der Waals surface area contributed by atoms with Crippen molar-refractivity contribution in [2.75, 3.05) is 50.1 Å². The lowest BCUT2D eigenvalue weighted by molar-refractivity contribution is -0.384. The van der Waals surface area contributed by atoms with Crippen LogP contribution in [0.3, 0.4) is 0 Å². The number of alkyl halides is 3. The average Bonchev–Trinajstić information content (AvgIpc) is 2.74. The van der Waals surface area contributed by atoms with Crippen molar-refractivity contribution in [1.29, 1.82) is 0 Å². The van der Waals surface area contributed by atoms with Crippen LogP contribution in [-0.4, -0.2) is 60.5 Å². The molecule has 1 aromatic heterocycles. The molecule has 0 radical (unpaired) electrons. The van der Waals surface area contributed by atoms with E-state index in [9.17, 15) is 28.1 Å². The van der Waals surface area contributed by atoms with E-state index in [1.54, 1.807) is 0 Å². The van der Waals surface area contributed by atoms with Gasteiger partial charge in [0.05, 0.1) is 30.2 Å². The quantitative estimate of drug-likeness (QED) is 0.546. The van der Waals surface area contributed by atoms with E-state index in [0.717, 1.165) is 12.3 Å². The molecule has 1 aliphatic rings. The summed E-state index contributed by atoms with van der Waals surface area (Å²) in [6, 6.07) is 6.46. The van der Waals surface area contributed by atoms with Crippen molar-refractivity contribution in [3.63, 3.8) is 0 Å². The number of nitro groups is 1. The molecule has 3 rings (SSSR count). The SMILES string of the molecule is COc1ccc(NC(=O)CN2CCN(c3ccc(C(F)(F)F)cn3)CC2)c([N+](=O)[O-])c1. The number of rotatable bonds is 6. The lowest BCUT2D eigenvalue weighted by atomic mass is 10.2. The molecule has 31 heavy (non-hydrogen) atoms. The fraction of sp³-hybridized carbons (Fsp3) is 0.368. The van der Waals surface area contributed by atoms with E-state index in [0.29, 0.717) is 37.7 Å². The Labute approximate surface area is 175 Å². The number of amides is 1. The molecule has 0 bridgehead atoms. The summed E-state index contributed by atoms with van der Waals surface area (Å²) in [4.78, 5) is 30.5. The van der Waals surface area contributed by atoms with Crippen LogP contribution in [0.1, 0.15) is 5.56 Å². The first-order valence-electron chi connectivity index (χ1n) is 9.30. The second-order valence-corrected chi connectivity index (χ2v) is 6.85. The smallest absolute Gasteiger partial charge is 0.417 e. The Morgan fingerprint density at radius 1 is 1.23 bits per heavy atom. The van der Waals surface area contributed by atoms with Gasteiger partial charge in [0.25, 0.3) is 5.69 Å². The van der Waals surface area contributed by atoms with Gasteiger partial charge in [-0.05, 0) is 24.3 Å². The van der Waals surface area contributed by atoms with E-state index < -0.39 is 22.6 Å². The van der Waals surface area contributed by atoms with Gasteiger partial charge in [0, 0.05) is 32.4 Å². The number of hydrogen-bond donors (Lipinski definition) is 1. The highest BCUT2D eigenvalue weighted by atomic mass is 19.4. The molecule has 9 nitrogen and oxygen atoms in total. The summed E-state index contributed by atoms with van der Waals surface area (Å²) in [5.41, 5.74) is -1.01. The van der Waals surface area contributed by atoms with Gasteiger partial charge in [-0.3, -0.25) is 19.8 Å². The molecule has 1 saturated heterocycles. The minimum atomic E-state index is -4.43. The molecule has 2 heterocycles. The lowest BCUT2D eigenvalue weighted by Gasteiger charge is -2.35. The first-order valence-corrected chi connectivity index (χ1v) is 9.30. The molecule has 2 aromatic rings. The zero-order chi connectivity index (χ0) is 22.6. The monoisotopic (exact) mass is 439 g/mol. The lowest BCUT2D eigenvalue weighted by Crippen LogP contribution is -2.49. The van der Waals surface area contributed by atoms with Gasteiger partial charge in [-0.2, -0.15) is 13.2 Å². The Hall–Kier alpha value is -3.41. The molecule has 1 N–H and O–H groups in total. The number of halogens is 3. The molecule has 1 aromatic carbocycles. The Morgan fingerprint density at radius 2 is 1.94 bits per heavy atom. The number of pyridine rings is 1. The van der Waals surface area contributed by atoms with Crippen LogP contribution in [-0.2, 0) is 11.0 Å². The molecule has 12 heteroatoms. The molecule has 0 saturated carbocycles. The van der Waals surface area contributed by atoms with Crippen molar-refractivity contribution in [2.24, 2.45) is 0 Å². The Morgan fingerprint density at radius 3 is 2.48 bits per heavy atom. The maximum absolute atomic E-state index is 12.7. The topological polar surface area (TPSA) is 101 Å². The van der Waals surface area contributed by atoms with Crippen LogP contribution in [0.5, 0.6) is 5.75 Å². The largest absolute Gasteiger partial charge is 0.496 e. The number of methoxy groups -OCH3 is 1. The molecule has 166 valence electrons. The molecular formula is C19H20F3N5O4. The normalized spacial score (nSPS) is 14.9. The number of nitrogens with one attached hydrogen (secondary N) is 1. The van der Waals surface area contributed by atoms with E-state index in [-0.39, 0.29) is 17.9 Å². The number of ether oxygens (including phenoxy) is 1. The van der Waals surface area contributed by atoms with Crippen molar-refractivity contribution < 1.29 is 27.6 Å². The molecule has 0 aliphatic carbocycles. The number of benzene rings is 1. The van der Waals surface area contributed by atoms with Crippen molar-refractivity contribution in [3.05, 3.63) is 52.2 Å². The minimum absolute atomic E-state index is 0.0253. The van der Waals surface area contributed by atoms with Gasteiger partial charge in [0.15, 0.2) is 0 Å². The summed E-state index contributed by atoms with van der Waals surface area (Å²) in [5, 5.41) is 13.8. The maximum atomic E-state index is 12.7. The average molecular weight is 439 g/mol. The van der Waals surface area contributed by atoms with Crippen molar-refractivity contribution >= 4 is 23.1 Å². The van der Waals surface area contributed by atoms with E-state index in [2.05, 4.69) is 10.3 Å². The number of hydrogen-bond acceptors (Lipinski definition) is 7. The second-order valence-electron chi connectivity index (χ2n) is 6.85. The highest BCUT2D eigenvalue weighted by molar-refractivity contribution is 5.94. The van der Waals surface area contributed by atoms with Gasteiger partial charge >= 0.3 is 6.18 Å². The maximum Gasteiger partial charge on any atom is 0.417 e. The highest BCUT2D eigenvalue weighted by Gasteiger charge is 2.31. The third-order valence-corrected chi connectivity index (χ3v) is 4.81. The Balaban J connectivity index is 1.54. The third kappa shape index (κ3) is 5.60. The predicted molar refractivity (Wildman–Crippen MR) is 106 cm³/mol. The van der Waals surface area contributed by atoms with Gasteiger partial charge < -0.3 is 15.0 Å². The van der Waals surface area contributed by atoms with Crippen LogP contribution in [0.4, 0.5) is 30.4 Å². The molecule has 0 atom stereocenters. The number of nitrogens with zero attached hydrogens (tertiary/aromatic N) is 4. The fourth-order valence-corrected chi connectivity index (χ4v) is 3.16. The van der Waals surface area contributed by atoms with Crippen LogP contribution < -0.4 is 15.0 Å². The second kappa shape index (κ2) is 9.16. The Kier molecular flexibility index (Phi) is 6.59. The van der Waals surface area contributed by atoms with E-state index in [1.807, 2.05) is 9.80 Å². The van der Waals surface area contributed by atoms with E-state index in [1.165, 1.54) is 31.4 Å². The number of carbonyl (C=O) groups is 1. The summed E-state index contributed by atoms with van der Waals surface area (Å²) in [6.45, 7) is 1.96. The summed E-state index contributed by atoms with van der Waals surface area (Å²) < 4.78 is 42.9. The Bertz CT molecular complexity index is 945. The number of carbonyl (C=O) groups excluding carboxylic acids is 1. The van der Waals surface area contributed by atoms with Crippen LogP contribution in [0.25, 0.3) is 0 Å². The highest BCUT2D eigenvalue weighted by Crippen LogP contribution is 2.30. The first kappa shape index (κ1) is 22.3. The van der Waals surface area contributed by atoms with Gasteiger partial charge in [-0.15, -0.1) is 0 Å². The summed E-state index contributed by atoms with van der Waals surface area (Å²) in [7, 11) is 1.39. The molecule has 0 unspecified atom stereocenters. The van der Waals surface area contributed by atoms with Crippen molar-refractivity contribution in [3.8, 4) is 5.75 Å². The summed E-state index contributed by atoms with van der Waals surface area (Å²) >= 11 is 0. The molecular weight excluding hydrogens is 419 g/mol. The van der Waals surface area contributed by atoms with Gasteiger partial charge in [0.1, 0.15) is 17.3 Å². The summed E-state index contributed by atoms with van der Waals surface area (Å²) in [5.74, 6) is 0.332. The van der Waals surface area contributed by atoms with Crippen LogP contribution in [0.2, 0.25) is 0 Å². The minimum Gasteiger partial charge on any atom is -0.496 e. The fourth-order valence-electron chi connectivity index (χ4n) is 3.16. The van der Waals surface area contributed by atoms with E-state index in [4.69, 9.17) is 4.74 Å². The number of nitro benzene ring substituents is 1. The van der Waals surface area contributed by atoms with Crippen molar-refractivity contribution in [1.82, 2.24) is 9.88 Å². The van der Waals surface area contributed by atoms with Gasteiger partial charge in [0.2, 0.25) is 5.91 Å². The zero-order valence-corrected chi connectivity index (χ0v) is 16.6. The van der Waals surface area contributed by atoms with Gasteiger partial charge in [-0.25, -0.2) is 4.98 Å².